The summed E-state index contributed by atoms with van der Waals surface area (Å²) in [6.07, 6.45) is 0. The lowest BCUT2D eigenvalue weighted by Crippen LogP contribution is -2.28. The molecular weight excluding hydrogens is 290 g/mol. The Morgan fingerprint density at radius 2 is 1.95 bits per heavy atom. The van der Waals surface area contributed by atoms with Gasteiger partial charge in [0.05, 0.1) is 5.69 Å². The zero-order chi connectivity index (χ0) is 15.2. The molecule has 21 heavy (non-hydrogen) atoms. The summed E-state index contributed by atoms with van der Waals surface area (Å²) >= 11 is 0.954. The predicted octanol–water partition coefficient (Wildman–Crippen LogP) is 1.63. The molecule has 0 saturated carbocycles. The lowest BCUT2D eigenvalue weighted by molar-refractivity contribution is -0.124. The fourth-order valence-electron chi connectivity index (χ4n) is 1.57. The molecule has 0 aliphatic heterocycles. The van der Waals surface area contributed by atoms with Gasteiger partial charge in [-0.05, 0) is 30.9 Å². The van der Waals surface area contributed by atoms with Crippen LogP contribution >= 0.6 is 11.5 Å². The molecule has 0 saturated heterocycles. The van der Waals surface area contributed by atoms with Crippen LogP contribution in [0.1, 0.15) is 26.5 Å². The Bertz CT molecular complexity index is 637. The normalized spacial score (nSPS) is 10.2. The van der Waals surface area contributed by atoms with Gasteiger partial charge >= 0.3 is 5.97 Å². The van der Waals surface area contributed by atoms with E-state index in [9.17, 15) is 9.59 Å². The van der Waals surface area contributed by atoms with Crippen LogP contribution in [-0.4, -0.2) is 28.1 Å². The molecule has 1 amide bonds. The number of amides is 1. The summed E-state index contributed by atoms with van der Waals surface area (Å²) in [4.78, 5) is 23.6. The Morgan fingerprint density at radius 3 is 2.57 bits per heavy atom. The minimum absolute atomic E-state index is 0.317. The van der Waals surface area contributed by atoms with Gasteiger partial charge in [0.2, 0.25) is 0 Å². The van der Waals surface area contributed by atoms with E-state index in [4.69, 9.17) is 4.74 Å². The average molecular weight is 305 g/mol. The van der Waals surface area contributed by atoms with Crippen LogP contribution in [0.3, 0.4) is 0 Å². The highest BCUT2D eigenvalue weighted by molar-refractivity contribution is 7.07. The Balaban J connectivity index is 1.76. The molecule has 0 spiro atoms. The van der Waals surface area contributed by atoms with Crippen LogP contribution in [0.25, 0.3) is 0 Å². The number of nitrogens with one attached hydrogen (secondary N) is 1. The van der Waals surface area contributed by atoms with Crippen LogP contribution in [0.4, 0.5) is 0 Å². The van der Waals surface area contributed by atoms with Crippen molar-refractivity contribution in [3.05, 3.63) is 46.0 Å². The smallest absolute Gasteiger partial charge is 0.352 e. The fourth-order valence-corrected chi connectivity index (χ4v) is 2.12. The summed E-state index contributed by atoms with van der Waals surface area (Å²) in [7, 11) is 0. The molecule has 0 radical (unpaired) electrons. The zero-order valence-corrected chi connectivity index (χ0v) is 12.6. The molecule has 6 nitrogen and oxygen atoms in total. The lowest BCUT2D eigenvalue weighted by Gasteiger charge is -2.06. The number of rotatable bonds is 5. The second-order valence-electron chi connectivity index (χ2n) is 4.53. The number of carbonyl (C=O) groups excluding carboxylic acids is 2. The van der Waals surface area contributed by atoms with E-state index in [1.165, 1.54) is 0 Å². The third-order valence-electron chi connectivity index (χ3n) is 2.78. The maximum atomic E-state index is 11.7. The summed E-state index contributed by atoms with van der Waals surface area (Å²) in [5.41, 5.74) is 2.65. The van der Waals surface area contributed by atoms with E-state index in [1.807, 2.05) is 31.2 Å². The molecule has 1 aromatic heterocycles. The van der Waals surface area contributed by atoms with E-state index >= 15 is 0 Å². The van der Waals surface area contributed by atoms with Gasteiger partial charge in [0, 0.05) is 6.54 Å². The van der Waals surface area contributed by atoms with Crippen molar-refractivity contribution >= 4 is 23.4 Å². The lowest BCUT2D eigenvalue weighted by atomic mass is 10.1. The summed E-state index contributed by atoms with van der Waals surface area (Å²) in [5.74, 6) is -0.924. The van der Waals surface area contributed by atoms with E-state index in [0.29, 0.717) is 17.1 Å². The number of ether oxygens (including phenoxy) is 1. The van der Waals surface area contributed by atoms with Crippen molar-refractivity contribution < 1.29 is 14.3 Å². The summed E-state index contributed by atoms with van der Waals surface area (Å²) < 4.78 is 8.56. The molecule has 110 valence electrons. The van der Waals surface area contributed by atoms with Crippen LogP contribution < -0.4 is 5.32 Å². The molecule has 0 unspecified atom stereocenters. The zero-order valence-electron chi connectivity index (χ0n) is 11.8. The van der Waals surface area contributed by atoms with Crippen molar-refractivity contribution in [3.8, 4) is 0 Å². The Labute approximate surface area is 126 Å². The molecule has 1 heterocycles. The van der Waals surface area contributed by atoms with Crippen molar-refractivity contribution in [2.45, 2.75) is 20.4 Å². The summed E-state index contributed by atoms with van der Waals surface area (Å²) in [6.45, 7) is 3.75. The largest absolute Gasteiger partial charge is 0.451 e. The maximum absolute atomic E-state index is 11.7. The molecule has 7 heteroatoms. The number of aromatic nitrogens is 2. The van der Waals surface area contributed by atoms with Crippen molar-refractivity contribution in [1.82, 2.24) is 14.9 Å². The molecule has 0 aliphatic carbocycles. The number of hydrogen-bond acceptors (Lipinski definition) is 6. The van der Waals surface area contributed by atoms with Crippen LogP contribution in [0.15, 0.2) is 24.3 Å². The van der Waals surface area contributed by atoms with Crippen LogP contribution in [0.2, 0.25) is 0 Å². The highest BCUT2D eigenvalue weighted by atomic mass is 32.1. The second kappa shape index (κ2) is 6.94. The van der Waals surface area contributed by atoms with Gasteiger partial charge in [-0.25, -0.2) is 4.79 Å². The number of nitrogens with zero attached hydrogens (tertiary/aromatic N) is 2. The minimum Gasteiger partial charge on any atom is -0.451 e. The first kappa shape index (κ1) is 15.1. The molecule has 1 aromatic carbocycles. The molecule has 0 fully saturated rings. The number of aryl methyl sites for hydroxylation is 2. The molecular formula is C14H15N3O3S. The van der Waals surface area contributed by atoms with E-state index in [2.05, 4.69) is 14.9 Å². The standard InChI is InChI=1S/C14H15N3O3S/c1-9-3-5-11(6-4-9)7-15-12(18)8-20-14(19)13-10(2)16-17-21-13/h3-6H,7-8H2,1-2H3,(H,15,18). The van der Waals surface area contributed by atoms with Crippen LogP contribution in [0.5, 0.6) is 0 Å². The van der Waals surface area contributed by atoms with Gasteiger partial charge in [-0.2, -0.15) is 0 Å². The van der Waals surface area contributed by atoms with Crippen LogP contribution in [-0.2, 0) is 16.1 Å². The average Bonchev–Trinajstić information content (AvgIpc) is 2.90. The van der Waals surface area contributed by atoms with E-state index < -0.39 is 5.97 Å². The predicted molar refractivity (Wildman–Crippen MR) is 78.0 cm³/mol. The Morgan fingerprint density at radius 1 is 1.24 bits per heavy atom. The Hall–Kier alpha value is -2.28. The highest BCUT2D eigenvalue weighted by Crippen LogP contribution is 2.10. The van der Waals surface area contributed by atoms with Crippen LogP contribution in [0, 0.1) is 13.8 Å². The van der Waals surface area contributed by atoms with Crippen molar-refractivity contribution in [3.63, 3.8) is 0 Å². The summed E-state index contributed by atoms with van der Waals surface area (Å²) in [6, 6.07) is 7.82. The summed E-state index contributed by atoms with van der Waals surface area (Å²) in [5, 5.41) is 6.40. The van der Waals surface area contributed by atoms with E-state index in [1.54, 1.807) is 6.92 Å². The molecule has 2 aromatic rings. The SMILES string of the molecule is Cc1ccc(CNC(=O)COC(=O)c2snnc2C)cc1. The third kappa shape index (κ3) is 4.35. The number of hydrogen-bond donors (Lipinski definition) is 1. The molecule has 0 atom stereocenters. The molecule has 0 aliphatic rings. The van der Waals surface area contributed by atoms with Crippen molar-refractivity contribution in [2.75, 3.05) is 6.61 Å². The number of carbonyl (C=O) groups is 2. The van der Waals surface area contributed by atoms with Gasteiger partial charge in [-0.3, -0.25) is 4.79 Å². The van der Waals surface area contributed by atoms with Gasteiger partial charge < -0.3 is 10.1 Å². The molecule has 2 rings (SSSR count). The van der Waals surface area contributed by atoms with Crippen molar-refractivity contribution in [1.29, 1.82) is 0 Å². The first-order valence-electron chi connectivity index (χ1n) is 6.34. The third-order valence-corrected chi connectivity index (χ3v) is 3.59. The topological polar surface area (TPSA) is 81.2 Å². The number of esters is 1. The molecule has 0 bridgehead atoms. The van der Waals surface area contributed by atoms with Gasteiger partial charge in [-0.15, -0.1) is 5.10 Å². The van der Waals surface area contributed by atoms with Crippen molar-refractivity contribution in [2.24, 2.45) is 0 Å². The monoisotopic (exact) mass is 305 g/mol. The van der Waals surface area contributed by atoms with Gasteiger partial charge in [0.15, 0.2) is 11.5 Å². The fraction of sp³-hybridized carbons (Fsp3) is 0.286. The van der Waals surface area contributed by atoms with Gasteiger partial charge in [0.25, 0.3) is 5.91 Å². The Kier molecular flexibility index (Phi) is 4.99. The van der Waals surface area contributed by atoms with E-state index in [0.717, 1.165) is 22.7 Å². The van der Waals surface area contributed by atoms with Gasteiger partial charge in [0.1, 0.15) is 0 Å². The van der Waals surface area contributed by atoms with Gasteiger partial charge in [-0.1, -0.05) is 34.3 Å². The quantitative estimate of drug-likeness (QED) is 0.849. The maximum Gasteiger partial charge on any atom is 0.352 e. The minimum atomic E-state index is -0.576. The first-order chi connectivity index (χ1) is 10.1. The van der Waals surface area contributed by atoms with E-state index in [-0.39, 0.29) is 12.5 Å². The first-order valence-corrected chi connectivity index (χ1v) is 7.12. The highest BCUT2D eigenvalue weighted by Gasteiger charge is 2.15. The molecule has 1 N–H and O–H groups in total. The number of benzene rings is 1. The second-order valence-corrected chi connectivity index (χ2v) is 5.28.